The van der Waals surface area contributed by atoms with Crippen LogP contribution in [0.15, 0.2) is 12.3 Å². The zero-order valence-corrected chi connectivity index (χ0v) is 11.0. The van der Waals surface area contributed by atoms with E-state index >= 15 is 0 Å². The van der Waals surface area contributed by atoms with Crippen LogP contribution in [0.25, 0.3) is 0 Å². The van der Waals surface area contributed by atoms with Crippen molar-refractivity contribution in [3.05, 3.63) is 27.9 Å². The Morgan fingerprint density at radius 2 is 2.37 bits per heavy atom. The first-order chi connectivity index (χ1) is 9.06. The van der Waals surface area contributed by atoms with Gasteiger partial charge in [0.25, 0.3) is 5.69 Å². The number of hydrogen-bond donors (Lipinski definition) is 2. The lowest BCUT2D eigenvalue weighted by Crippen LogP contribution is -2.25. The van der Waals surface area contributed by atoms with Gasteiger partial charge in [-0.2, -0.15) is 0 Å². The minimum absolute atomic E-state index is 0.0404. The normalized spacial score (nSPS) is 23.1. The zero-order valence-electron chi connectivity index (χ0n) is 11.0. The monoisotopic (exact) mass is 265 g/mol. The number of aliphatic hydroxyl groups excluding tert-OH is 1. The van der Waals surface area contributed by atoms with Crippen LogP contribution in [-0.2, 0) is 0 Å². The molecule has 1 heterocycles. The second-order valence-electron chi connectivity index (χ2n) is 5.18. The maximum absolute atomic E-state index is 10.7. The number of aliphatic hydroxyl groups is 1. The van der Waals surface area contributed by atoms with Crippen molar-refractivity contribution in [3.8, 4) is 0 Å². The molecule has 0 radical (unpaired) electrons. The second kappa shape index (κ2) is 5.97. The maximum atomic E-state index is 10.7. The fraction of sp³-hybridized carbons (Fsp3) is 0.615. The van der Waals surface area contributed by atoms with Crippen LogP contribution in [0.4, 0.5) is 11.5 Å². The highest BCUT2D eigenvalue weighted by Crippen LogP contribution is 2.25. The van der Waals surface area contributed by atoms with E-state index in [9.17, 15) is 15.2 Å². The van der Waals surface area contributed by atoms with E-state index in [1.54, 1.807) is 13.0 Å². The van der Waals surface area contributed by atoms with Crippen LogP contribution in [0.3, 0.4) is 0 Å². The summed E-state index contributed by atoms with van der Waals surface area (Å²) < 4.78 is 0. The van der Waals surface area contributed by atoms with E-state index in [0.717, 1.165) is 32.2 Å². The molecule has 2 rings (SSSR count). The fourth-order valence-corrected chi connectivity index (χ4v) is 2.53. The van der Waals surface area contributed by atoms with Gasteiger partial charge in [-0.1, -0.05) is 6.42 Å². The van der Waals surface area contributed by atoms with E-state index in [4.69, 9.17) is 0 Å². The van der Waals surface area contributed by atoms with Gasteiger partial charge in [0.1, 0.15) is 12.0 Å². The molecule has 2 unspecified atom stereocenters. The van der Waals surface area contributed by atoms with Gasteiger partial charge in [-0.05, 0) is 38.2 Å². The van der Waals surface area contributed by atoms with Crippen LogP contribution < -0.4 is 5.32 Å². The highest BCUT2D eigenvalue weighted by molar-refractivity contribution is 5.46. The van der Waals surface area contributed by atoms with Crippen molar-refractivity contribution in [1.29, 1.82) is 0 Å². The van der Waals surface area contributed by atoms with E-state index in [2.05, 4.69) is 10.3 Å². The number of hydrogen-bond acceptors (Lipinski definition) is 5. The molecule has 0 bridgehead atoms. The molecular formula is C13H19N3O3. The van der Waals surface area contributed by atoms with Crippen molar-refractivity contribution in [3.63, 3.8) is 0 Å². The summed E-state index contributed by atoms with van der Waals surface area (Å²) in [6.45, 7) is 2.46. The van der Waals surface area contributed by atoms with E-state index in [-0.39, 0.29) is 11.8 Å². The Balaban J connectivity index is 1.92. The SMILES string of the molecule is Cc1cc(NCC2CCCC(O)C2)ncc1[N+](=O)[O-]. The molecule has 1 saturated carbocycles. The van der Waals surface area contributed by atoms with Crippen molar-refractivity contribution >= 4 is 11.5 Å². The van der Waals surface area contributed by atoms with Gasteiger partial charge in [-0.25, -0.2) is 4.98 Å². The third kappa shape index (κ3) is 3.64. The molecule has 1 aromatic rings. The Bertz CT molecular complexity index is 464. The van der Waals surface area contributed by atoms with Crippen molar-refractivity contribution in [2.24, 2.45) is 5.92 Å². The number of nitro groups is 1. The van der Waals surface area contributed by atoms with Gasteiger partial charge in [-0.15, -0.1) is 0 Å². The average Bonchev–Trinajstić information content (AvgIpc) is 2.36. The van der Waals surface area contributed by atoms with Gasteiger partial charge >= 0.3 is 0 Å². The zero-order chi connectivity index (χ0) is 13.8. The third-order valence-electron chi connectivity index (χ3n) is 3.61. The second-order valence-corrected chi connectivity index (χ2v) is 5.18. The number of nitrogens with zero attached hydrogens (tertiary/aromatic N) is 2. The van der Waals surface area contributed by atoms with E-state index in [0.29, 0.717) is 17.3 Å². The Hall–Kier alpha value is -1.69. The molecule has 0 spiro atoms. The number of pyridine rings is 1. The first-order valence-electron chi connectivity index (χ1n) is 6.59. The molecule has 1 aliphatic carbocycles. The van der Waals surface area contributed by atoms with Crippen molar-refractivity contribution < 1.29 is 10.0 Å². The topological polar surface area (TPSA) is 88.3 Å². The molecule has 6 nitrogen and oxygen atoms in total. The molecule has 1 fully saturated rings. The largest absolute Gasteiger partial charge is 0.393 e. The van der Waals surface area contributed by atoms with E-state index in [1.165, 1.54) is 6.20 Å². The minimum Gasteiger partial charge on any atom is -0.393 e. The first kappa shape index (κ1) is 13.7. The predicted octanol–water partition coefficient (Wildman–Crippen LogP) is 2.26. The molecular weight excluding hydrogens is 246 g/mol. The van der Waals surface area contributed by atoms with E-state index in [1.807, 2.05) is 0 Å². The standard InChI is InChI=1S/C13H19N3O3/c1-9-5-13(15-8-12(9)16(18)19)14-7-10-3-2-4-11(17)6-10/h5,8,10-11,17H,2-4,6-7H2,1H3,(H,14,15). The summed E-state index contributed by atoms with van der Waals surface area (Å²) in [4.78, 5) is 14.3. The minimum atomic E-state index is -0.427. The lowest BCUT2D eigenvalue weighted by Gasteiger charge is -2.26. The molecule has 19 heavy (non-hydrogen) atoms. The van der Waals surface area contributed by atoms with Gasteiger partial charge in [0.2, 0.25) is 0 Å². The highest BCUT2D eigenvalue weighted by atomic mass is 16.6. The molecule has 104 valence electrons. The Morgan fingerprint density at radius 3 is 3.00 bits per heavy atom. The molecule has 6 heteroatoms. The lowest BCUT2D eigenvalue weighted by molar-refractivity contribution is -0.385. The van der Waals surface area contributed by atoms with Crippen LogP contribution in [0.1, 0.15) is 31.2 Å². The Morgan fingerprint density at radius 1 is 1.58 bits per heavy atom. The number of aryl methyl sites for hydroxylation is 1. The Labute approximate surface area is 112 Å². The van der Waals surface area contributed by atoms with Crippen molar-refractivity contribution in [1.82, 2.24) is 4.98 Å². The van der Waals surface area contributed by atoms with E-state index < -0.39 is 4.92 Å². The lowest BCUT2D eigenvalue weighted by atomic mass is 9.87. The van der Waals surface area contributed by atoms with Crippen LogP contribution in [-0.4, -0.2) is 27.7 Å². The summed E-state index contributed by atoms with van der Waals surface area (Å²) >= 11 is 0. The molecule has 0 amide bonds. The van der Waals surface area contributed by atoms with Gasteiger partial charge in [0, 0.05) is 12.1 Å². The van der Waals surface area contributed by atoms with Gasteiger partial charge in [0.05, 0.1) is 11.0 Å². The maximum Gasteiger partial charge on any atom is 0.290 e. The average molecular weight is 265 g/mol. The van der Waals surface area contributed by atoms with Crippen LogP contribution >= 0.6 is 0 Å². The first-order valence-corrected chi connectivity index (χ1v) is 6.59. The summed E-state index contributed by atoms with van der Waals surface area (Å²) in [5.74, 6) is 1.10. The van der Waals surface area contributed by atoms with Crippen molar-refractivity contribution in [2.75, 3.05) is 11.9 Å². The third-order valence-corrected chi connectivity index (χ3v) is 3.61. The van der Waals surface area contributed by atoms with Gasteiger partial charge < -0.3 is 10.4 Å². The molecule has 0 saturated heterocycles. The molecule has 2 atom stereocenters. The molecule has 0 aromatic carbocycles. The van der Waals surface area contributed by atoms with Crippen LogP contribution in [0, 0.1) is 23.0 Å². The Kier molecular flexibility index (Phi) is 4.31. The molecule has 2 N–H and O–H groups in total. The number of rotatable bonds is 4. The predicted molar refractivity (Wildman–Crippen MR) is 72.1 cm³/mol. The summed E-state index contributed by atoms with van der Waals surface area (Å²) in [5, 5.41) is 23.5. The smallest absolute Gasteiger partial charge is 0.290 e. The molecule has 0 aliphatic heterocycles. The highest BCUT2D eigenvalue weighted by Gasteiger charge is 2.20. The molecule has 1 aromatic heterocycles. The summed E-state index contributed by atoms with van der Waals surface area (Å²) in [6, 6.07) is 1.69. The summed E-state index contributed by atoms with van der Waals surface area (Å²) in [7, 11) is 0. The summed E-state index contributed by atoms with van der Waals surface area (Å²) in [6.07, 6.45) is 4.97. The number of nitrogens with one attached hydrogen (secondary N) is 1. The van der Waals surface area contributed by atoms with Crippen LogP contribution in [0.2, 0.25) is 0 Å². The van der Waals surface area contributed by atoms with Crippen molar-refractivity contribution in [2.45, 2.75) is 38.7 Å². The summed E-state index contributed by atoms with van der Waals surface area (Å²) in [5.41, 5.74) is 0.643. The van der Waals surface area contributed by atoms with Gasteiger partial charge in [-0.3, -0.25) is 10.1 Å². The number of anilines is 1. The van der Waals surface area contributed by atoms with Gasteiger partial charge in [0.15, 0.2) is 0 Å². The molecule has 1 aliphatic rings. The number of aromatic nitrogens is 1. The van der Waals surface area contributed by atoms with Crippen LogP contribution in [0.5, 0.6) is 0 Å². The fourth-order valence-electron chi connectivity index (χ4n) is 2.53. The quantitative estimate of drug-likeness (QED) is 0.644.